The standard InChI is InChI=1S/C13H14FNO4/c1-19-13(18)11(8-16)15-12(17)7-6-9-4-2-3-5-10(9)14/h2-7,11,16H,8H2,1H3,(H,15,17)/b7-6+/t11-/m0/s1. The largest absolute Gasteiger partial charge is 0.467 e. The Hall–Kier alpha value is -2.21. The van der Waals surface area contributed by atoms with Crippen molar-refractivity contribution < 1.29 is 23.8 Å². The van der Waals surface area contributed by atoms with Gasteiger partial charge in [-0.3, -0.25) is 4.79 Å². The molecule has 1 atom stereocenters. The first-order chi connectivity index (χ1) is 9.08. The predicted molar refractivity (Wildman–Crippen MR) is 66.5 cm³/mol. The fraction of sp³-hybridized carbons (Fsp3) is 0.231. The van der Waals surface area contributed by atoms with Crippen molar-refractivity contribution in [2.45, 2.75) is 6.04 Å². The summed E-state index contributed by atoms with van der Waals surface area (Å²) in [7, 11) is 1.15. The van der Waals surface area contributed by atoms with E-state index in [4.69, 9.17) is 5.11 Å². The van der Waals surface area contributed by atoms with Gasteiger partial charge >= 0.3 is 5.97 Å². The van der Waals surface area contributed by atoms with Gasteiger partial charge in [0.1, 0.15) is 5.82 Å². The van der Waals surface area contributed by atoms with E-state index < -0.39 is 30.3 Å². The lowest BCUT2D eigenvalue weighted by atomic mass is 10.2. The van der Waals surface area contributed by atoms with Crippen LogP contribution in [0.5, 0.6) is 0 Å². The van der Waals surface area contributed by atoms with Crippen molar-refractivity contribution in [3.8, 4) is 0 Å². The first kappa shape index (κ1) is 14.8. The van der Waals surface area contributed by atoms with Gasteiger partial charge in [-0.05, 0) is 12.1 Å². The first-order valence-electron chi connectivity index (χ1n) is 5.50. The van der Waals surface area contributed by atoms with Crippen LogP contribution in [0.3, 0.4) is 0 Å². The third-order valence-electron chi connectivity index (χ3n) is 2.30. The molecule has 102 valence electrons. The second kappa shape index (κ2) is 7.27. The van der Waals surface area contributed by atoms with E-state index in [1.54, 1.807) is 6.07 Å². The Morgan fingerprint density at radius 1 is 1.47 bits per heavy atom. The van der Waals surface area contributed by atoms with E-state index >= 15 is 0 Å². The van der Waals surface area contributed by atoms with Gasteiger partial charge in [-0.2, -0.15) is 0 Å². The van der Waals surface area contributed by atoms with Crippen molar-refractivity contribution in [1.82, 2.24) is 5.32 Å². The third kappa shape index (κ3) is 4.51. The number of methoxy groups -OCH3 is 1. The van der Waals surface area contributed by atoms with Gasteiger partial charge in [0.2, 0.25) is 5.91 Å². The minimum atomic E-state index is -1.14. The summed E-state index contributed by atoms with van der Waals surface area (Å²) in [6.45, 7) is -0.577. The second-order valence-corrected chi connectivity index (χ2v) is 3.62. The van der Waals surface area contributed by atoms with Gasteiger partial charge in [-0.1, -0.05) is 18.2 Å². The van der Waals surface area contributed by atoms with E-state index in [0.29, 0.717) is 0 Å². The first-order valence-corrected chi connectivity index (χ1v) is 5.50. The molecule has 0 aliphatic heterocycles. The average molecular weight is 267 g/mol. The topological polar surface area (TPSA) is 75.6 Å². The Balaban J connectivity index is 2.65. The Bertz CT molecular complexity index is 487. The van der Waals surface area contributed by atoms with E-state index in [1.165, 1.54) is 24.3 Å². The highest BCUT2D eigenvalue weighted by atomic mass is 19.1. The maximum Gasteiger partial charge on any atom is 0.330 e. The lowest BCUT2D eigenvalue weighted by Gasteiger charge is -2.11. The van der Waals surface area contributed by atoms with Gasteiger partial charge in [0.15, 0.2) is 6.04 Å². The molecule has 5 nitrogen and oxygen atoms in total. The molecular formula is C13H14FNO4. The fourth-order valence-electron chi connectivity index (χ4n) is 1.32. The molecule has 0 fully saturated rings. The summed E-state index contributed by atoms with van der Waals surface area (Å²) in [6, 6.07) is 4.80. The van der Waals surface area contributed by atoms with Crippen LogP contribution in [0.1, 0.15) is 5.56 Å². The molecule has 0 aromatic heterocycles. The number of carbonyl (C=O) groups excluding carboxylic acids is 2. The van der Waals surface area contributed by atoms with Crippen molar-refractivity contribution in [1.29, 1.82) is 0 Å². The molecule has 0 heterocycles. The number of carbonyl (C=O) groups is 2. The Kier molecular flexibility index (Phi) is 5.69. The quantitative estimate of drug-likeness (QED) is 0.601. The highest BCUT2D eigenvalue weighted by Gasteiger charge is 2.19. The van der Waals surface area contributed by atoms with Crippen LogP contribution in [0.25, 0.3) is 6.08 Å². The molecule has 1 amide bonds. The van der Waals surface area contributed by atoms with E-state index in [-0.39, 0.29) is 5.56 Å². The van der Waals surface area contributed by atoms with Gasteiger partial charge < -0.3 is 15.2 Å². The molecule has 0 saturated carbocycles. The summed E-state index contributed by atoms with van der Waals surface area (Å²) in [5.41, 5.74) is 0.247. The zero-order valence-electron chi connectivity index (χ0n) is 10.3. The van der Waals surface area contributed by atoms with Crippen LogP contribution in [0.15, 0.2) is 30.3 Å². The number of hydrogen-bond donors (Lipinski definition) is 2. The van der Waals surface area contributed by atoms with Gasteiger partial charge in [0, 0.05) is 11.6 Å². The number of halogens is 1. The van der Waals surface area contributed by atoms with E-state index in [9.17, 15) is 14.0 Å². The molecule has 0 unspecified atom stereocenters. The molecule has 0 aliphatic rings. The number of aliphatic hydroxyl groups excluding tert-OH is 1. The van der Waals surface area contributed by atoms with Gasteiger partial charge in [-0.25, -0.2) is 9.18 Å². The average Bonchev–Trinajstić information content (AvgIpc) is 2.43. The molecule has 0 aliphatic carbocycles. The molecule has 0 bridgehead atoms. The lowest BCUT2D eigenvalue weighted by Crippen LogP contribution is -2.43. The fourth-order valence-corrected chi connectivity index (χ4v) is 1.32. The predicted octanol–water partition coefficient (Wildman–Crippen LogP) is 0.489. The minimum absolute atomic E-state index is 0.247. The summed E-state index contributed by atoms with van der Waals surface area (Å²) in [6.07, 6.45) is 2.35. The number of nitrogens with one attached hydrogen (secondary N) is 1. The second-order valence-electron chi connectivity index (χ2n) is 3.62. The van der Waals surface area contributed by atoms with Crippen LogP contribution in [0.2, 0.25) is 0 Å². The number of rotatable bonds is 5. The van der Waals surface area contributed by atoms with Gasteiger partial charge in [0.25, 0.3) is 0 Å². The molecule has 2 N–H and O–H groups in total. The summed E-state index contributed by atoms with van der Waals surface area (Å²) < 4.78 is 17.6. The van der Waals surface area contributed by atoms with E-state index in [1.807, 2.05) is 0 Å². The summed E-state index contributed by atoms with van der Waals surface area (Å²) in [5, 5.41) is 11.1. The van der Waals surface area contributed by atoms with E-state index in [2.05, 4.69) is 10.1 Å². The summed E-state index contributed by atoms with van der Waals surface area (Å²) >= 11 is 0. The third-order valence-corrected chi connectivity index (χ3v) is 2.30. The van der Waals surface area contributed by atoms with Gasteiger partial charge in [-0.15, -0.1) is 0 Å². The number of esters is 1. The molecule has 6 heteroatoms. The molecule has 1 aromatic carbocycles. The minimum Gasteiger partial charge on any atom is -0.467 e. The maximum atomic E-state index is 13.3. The normalized spacial score (nSPS) is 12.2. The Labute approximate surface area is 109 Å². The summed E-state index contributed by atoms with van der Waals surface area (Å²) in [5.74, 6) is -1.85. The van der Waals surface area contributed by atoms with Crippen LogP contribution < -0.4 is 5.32 Å². The van der Waals surface area contributed by atoms with Crippen molar-refractivity contribution >= 4 is 18.0 Å². The van der Waals surface area contributed by atoms with Crippen molar-refractivity contribution in [3.63, 3.8) is 0 Å². The van der Waals surface area contributed by atoms with Crippen LogP contribution in [0.4, 0.5) is 4.39 Å². The van der Waals surface area contributed by atoms with E-state index in [0.717, 1.165) is 13.2 Å². The number of aliphatic hydroxyl groups is 1. The van der Waals surface area contributed by atoms with Crippen LogP contribution in [0, 0.1) is 5.82 Å². The zero-order valence-corrected chi connectivity index (χ0v) is 10.3. The highest BCUT2D eigenvalue weighted by Crippen LogP contribution is 2.07. The number of amides is 1. The number of hydrogen-bond acceptors (Lipinski definition) is 4. The lowest BCUT2D eigenvalue weighted by molar-refractivity contribution is -0.145. The Morgan fingerprint density at radius 3 is 2.74 bits per heavy atom. The smallest absolute Gasteiger partial charge is 0.330 e. The molecular weight excluding hydrogens is 253 g/mol. The SMILES string of the molecule is COC(=O)[C@H](CO)NC(=O)/C=C/c1ccccc1F. The molecule has 0 saturated heterocycles. The molecule has 1 rings (SSSR count). The van der Waals surface area contributed by atoms with Crippen molar-refractivity contribution in [3.05, 3.63) is 41.7 Å². The molecule has 1 aromatic rings. The van der Waals surface area contributed by atoms with Crippen molar-refractivity contribution in [2.75, 3.05) is 13.7 Å². The highest BCUT2D eigenvalue weighted by molar-refractivity contribution is 5.94. The molecule has 0 spiro atoms. The van der Waals surface area contributed by atoms with Crippen molar-refractivity contribution in [2.24, 2.45) is 0 Å². The zero-order chi connectivity index (χ0) is 14.3. The maximum absolute atomic E-state index is 13.3. The molecule has 19 heavy (non-hydrogen) atoms. The van der Waals surface area contributed by atoms with Crippen LogP contribution >= 0.6 is 0 Å². The molecule has 0 radical (unpaired) electrons. The number of benzene rings is 1. The number of ether oxygens (including phenoxy) is 1. The summed E-state index contributed by atoms with van der Waals surface area (Å²) in [4.78, 5) is 22.6. The van der Waals surface area contributed by atoms with Crippen LogP contribution in [-0.4, -0.2) is 36.7 Å². The van der Waals surface area contributed by atoms with Gasteiger partial charge in [0.05, 0.1) is 13.7 Å². The van der Waals surface area contributed by atoms with Crippen LogP contribution in [-0.2, 0) is 14.3 Å². The monoisotopic (exact) mass is 267 g/mol. The Morgan fingerprint density at radius 2 is 2.16 bits per heavy atom.